The molecule has 124 valence electrons. The molecule has 1 amide bonds. The van der Waals surface area contributed by atoms with Gasteiger partial charge in [-0.2, -0.15) is 0 Å². The van der Waals surface area contributed by atoms with Crippen molar-refractivity contribution < 1.29 is 9.53 Å². The topological polar surface area (TPSA) is 69.0 Å². The van der Waals surface area contributed by atoms with Crippen molar-refractivity contribution in [2.24, 2.45) is 0 Å². The Hall–Kier alpha value is -2.73. The Kier molecular flexibility index (Phi) is 5.18. The van der Waals surface area contributed by atoms with E-state index < -0.39 is 0 Å². The maximum atomic E-state index is 12.1. The van der Waals surface area contributed by atoms with E-state index in [0.717, 1.165) is 22.6 Å². The number of carbonyl (C=O) groups is 1. The van der Waals surface area contributed by atoms with Gasteiger partial charge >= 0.3 is 0 Å². The van der Waals surface area contributed by atoms with Crippen LogP contribution in [0.1, 0.15) is 11.4 Å². The first-order valence-corrected chi connectivity index (χ1v) is 7.87. The smallest absolute Gasteiger partial charge is 0.224 e. The Bertz CT molecular complexity index is 814. The third-order valence-electron chi connectivity index (χ3n) is 3.75. The highest BCUT2D eigenvalue weighted by atomic mass is 16.5. The first-order valence-electron chi connectivity index (χ1n) is 7.87. The van der Waals surface area contributed by atoms with Crippen molar-refractivity contribution in [3.8, 4) is 0 Å². The molecule has 1 aromatic carbocycles. The maximum Gasteiger partial charge on any atom is 0.224 e. The predicted octanol–water partition coefficient (Wildman–Crippen LogP) is 1.94. The summed E-state index contributed by atoms with van der Waals surface area (Å²) in [5, 5.41) is 2.93. The van der Waals surface area contributed by atoms with Gasteiger partial charge in [-0.1, -0.05) is 30.3 Å². The third-order valence-corrected chi connectivity index (χ3v) is 3.75. The average Bonchev–Trinajstić information content (AvgIpc) is 2.96. The second-order valence-electron chi connectivity index (χ2n) is 5.46. The molecule has 0 unspecified atom stereocenters. The van der Waals surface area contributed by atoms with Crippen LogP contribution in [0.4, 0.5) is 0 Å². The molecule has 6 nitrogen and oxygen atoms in total. The van der Waals surface area contributed by atoms with Gasteiger partial charge in [-0.25, -0.2) is 9.97 Å². The number of pyridine rings is 1. The number of carbonyl (C=O) groups excluding carboxylic acids is 1. The van der Waals surface area contributed by atoms with E-state index in [2.05, 4.69) is 15.3 Å². The lowest BCUT2D eigenvalue weighted by atomic mass is 10.1. The third kappa shape index (κ3) is 3.78. The zero-order valence-electron chi connectivity index (χ0n) is 13.6. The fourth-order valence-corrected chi connectivity index (χ4v) is 2.58. The van der Waals surface area contributed by atoms with Gasteiger partial charge < -0.3 is 14.6 Å². The monoisotopic (exact) mass is 324 g/mol. The Labute approximate surface area is 140 Å². The molecule has 0 spiro atoms. The molecule has 0 aliphatic rings. The molecule has 0 aliphatic carbocycles. The predicted molar refractivity (Wildman–Crippen MR) is 91.4 cm³/mol. The average molecular weight is 324 g/mol. The van der Waals surface area contributed by atoms with Gasteiger partial charge in [-0.05, 0) is 17.7 Å². The Morgan fingerprint density at radius 2 is 2.04 bits per heavy atom. The number of hydrogen-bond acceptors (Lipinski definition) is 4. The number of aromatic nitrogens is 3. The van der Waals surface area contributed by atoms with Gasteiger partial charge in [0.2, 0.25) is 5.91 Å². The van der Waals surface area contributed by atoms with E-state index in [1.165, 1.54) is 0 Å². The summed E-state index contributed by atoms with van der Waals surface area (Å²) in [5.74, 6) is 0.752. The molecule has 0 saturated heterocycles. The fraction of sp³-hybridized carbons (Fsp3) is 0.278. The molecular weight excluding hydrogens is 304 g/mol. The van der Waals surface area contributed by atoms with Crippen LogP contribution in [-0.4, -0.2) is 34.2 Å². The van der Waals surface area contributed by atoms with Crippen molar-refractivity contribution in [3.63, 3.8) is 0 Å². The maximum absolute atomic E-state index is 12.1. The summed E-state index contributed by atoms with van der Waals surface area (Å²) in [5.41, 5.74) is 2.62. The number of nitrogens with one attached hydrogen (secondary N) is 1. The molecule has 6 heteroatoms. The van der Waals surface area contributed by atoms with Crippen LogP contribution in [-0.2, 0) is 29.0 Å². The van der Waals surface area contributed by atoms with E-state index in [9.17, 15) is 4.79 Å². The summed E-state index contributed by atoms with van der Waals surface area (Å²) in [6.45, 7) is 1.58. The van der Waals surface area contributed by atoms with Gasteiger partial charge in [0.1, 0.15) is 11.3 Å². The van der Waals surface area contributed by atoms with Crippen LogP contribution in [0, 0.1) is 0 Å². The van der Waals surface area contributed by atoms with Crippen molar-refractivity contribution in [1.29, 1.82) is 0 Å². The van der Waals surface area contributed by atoms with Crippen LogP contribution in [0.25, 0.3) is 11.2 Å². The molecule has 3 rings (SSSR count). The number of benzene rings is 1. The molecular formula is C18H20N4O2. The molecule has 0 fully saturated rings. The zero-order chi connectivity index (χ0) is 16.8. The second kappa shape index (κ2) is 7.70. The van der Waals surface area contributed by atoms with E-state index in [4.69, 9.17) is 4.74 Å². The number of nitrogens with zero attached hydrogens (tertiary/aromatic N) is 3. The molecule has 0 radical (unpaired) electrons. The quantitative estimate of drug-likeness (QED) is 0.721. The number of methoxy groups -OCH3 is 1. The lowest BCUT2D eigenvalue weighted by Gasteiger charge is -2.09. The summed E-state index contributed by atoms with van der Waals surface area (Å²) in [7, 11) is 1.66. The molecule has 0 saturated carbocycles. The van der Waals surface area contributed by atoms with E-state index in [1.807, 2.05) is 47.0 Å². The van der Waals surface area contributed by atoms with Crippen LogP contribution in [0.2, 0.25) is 0 Å². The van der Waals surface area contributed by atoms with Crippen molar-refractivity contribution in [3.05, 3.63) is 60.0 Å². The molecule has 2 aromatic heterocycles. The molecule has 0 bridgehead atoms. The van der Waals surface area contributed by atoms with Crippen LogP contribution < -0.4 is 5.32 Å². The molecule has 2 heterocycles. The van der Waals surface area contributed by atoms with E-state index in [-0.39, 0.29) is 5.91 Å². The van der Waals surface area contributed by atoms with Gasteiger partial charge in [-0.15, -0.1) is 0 Å². The first kappa shape index (κ1) is 16.1. The lowest BCUT2D eigenvalue weighted by Crippen LogP contribution is -2.26. The minimum atomic E-state index is -0.0282. The standard InChI is InChI=1S/C18H20N4O2/c1-24-11-10-22-16(21-15-8-5-9-19-18(15)22)13-20-17(23)12-14-6-3-2-4-7-14/h2-9H,10-13H2,1H3,(H,20,23). The van der Waals surface area contributed by atoms with E-state index in [0.29, 0.717) is 26.1 Å². The van der Waals surface area contributed by atoms with Gasteiger partial charge in [0, 0.05) is 19.9 Å². The number of imidazole rings is 1. The second-order valence-corrected chi connectivity index (χ2v) is 5.46. The summed E-state index contributed by atoms with van der Waals surface area (Å²) in [6.07, 6.45) is 2.10. The summed E-state index contributed by atoms with van der Waals surface area (Å²) in [4.78, 5) is 21.1. The zero-order valence-corrected chi connectivity index (χ0v) is 13.6. The van der Waals surface area contributed by atoms with Gasteiger partial charge in [-0.3, -0.25) is 4.79 Å². The highest BCUT2D eigenvalue weighted by Crippen LogP contribution is 2.13. The van der Waals surface area contributed by atoms with Gasteiger partial charge in [0.05, 0.1) is 19.6 Å². The van der Waals surface area contributed by atoms with E-state index >= 15 is 0 Å². The summed E-state index contributed by atoms with van der Waals surface area (Å²) < 4.78 is 7.15. The molecule has 3 aromatic rings. The molecule has 24 heavy (non-hydrogen) atoms. The summed E-state index contributed by atoms with van der Waals surface area (Å²) >= 11 is 0. The largest absolute Gasteiger partial charge is 0.383 e. The Balaban J connectivity index is 1.71. The van der Waals surface area contributed by atoms with Crippen LogP contribution in [0.15, 0.2) is 48.7 Å². The minimum absolute atomic E-state index is 0.0282. The van der Waals surface area contributed by atoms with E-state index in [1.54, 1.807) is 13.3 Å². The number of amides is 1. The molecule has 1 N–H and O–H groups in total. The van der Waals surface area contributed by atoms with Crippen molar-refractivity contribution in [2.45, 2.75) is 19.5 Å². The highest BCUT2D eigenvalue weighted by Gasteiger charge is 2.12. The SMILES string of the molecule is COCCn1c(CNC(=O)Cc2ccccc2)nc2cccnc21. The minimum Gasteiger partial charge on any atom is -0.383 e. The van der Waals surface area contributed by atoms with Crippen molar-refractivity contribution in [1.82, 2.24) is 19.9 Å². The van der Waals surface area contributed by atoms with Crippen LogP contribution in [0.5, 0.6) is 0 Å². The first-order chi connectivity index (χ1) is 11.8. The fourth-order valence-electron chi connectivity index (χ4n) is 2.58. The highest BCUT2D eigenvalue weighted by molar-refractivity contribution is 5.78. The normalized spacial score (nSPS) is 10.9. The van der Waals surface area contributed by atoms with Crippen molar-refractivity contribution in [2.75, 3.05) is 13.7 Å². The van der Waals surface area contributed by atoms with Gasteiger partial charge in [0.15, 0.2) is 5.65 Å². The lowest BCUT2D eigenvalue weighted by molar-refractivity contribution is -0.120. The Morgan fingerprint density at radius 1 is 1.21 bits per heavy atom. The van der Waals surface area contributed by atoms with Gasteiger partial charge in [0.25, 0.3) is 0 Å². The summed E-state index contributed by atoms with van der Waals surface area (Å²) in [6, 6.07) is 13.5. The van der Waals surface area contributed by atoms with Crippen molar-refractivity contribution >= 4 is 17.1 Å². The Morgan fingerprint density at radius 3 is 2.83 bits per heavy atom. The number of hydrogen-bond donors (Lipinski definition) is 1. The molecule has 0 atom stereocenters. The number of fused-ring (bicyclic) bond motifs is 1. The number of ether oxygens (including phenoxy) is 1. The van der Waals surface area contributed by atoms with Crippen LogP contribution in [0.3, 0.4) is 0 Å². The molecule has 0 aliphatic heterocycles. The number of rotatable bonds is 7. The van der Waals surface area contributed by atoms with Crippen LogP contribution >= 0.6 is 0 Å².